The van der Waals surface area contributed by atoms with Gasteiger partial charge in [-0.05, 0) is 119 Å². The Hall–Kier alpha value is -11.6. The summed E-state index contributed by atoms with van der Waals surface area (Å²) in [5.41, 5.74) is 3.84. The summed E-state index contributed by atoms with van der Waals surface area (Å²) in [7, 11) is 0. The molecule has 0 bridgehead atoms. The van der Waals surface area contributed by atoms with Gasteiger partial charge in [-0.15, -0.1) is 0 Å². The van der Waals surface area contributed by atoms with E-state index in [1.165, 1.54) is 146 Å². The van der Waals surface area contributed by atoms with Gasteiger partial charge in [0.1, 0.15) is 167 Å². The van der Waals surface area contributed by atoms with Crippen LogP contribution in [0.2, 0.25) is 0 Å². The molecule has 3 unspecified atom stereocenters. The van der Waals surface area contributed by atoms with Crippen LogP contribution in [0.15, 0.2) is 232 Å². The molecule has 15 atom stereocenters. The maximum atomic E-state index is 12.8. The molecule has 17 N–H and O–H groups in total. The van der Waals surface area contributed by atoms with Crippen LogP contribution in [0.5, 0.6) is 46.0 Å². The molecule has 0 amide bonds. The number of fused-ring (bicyclic) bond motifs is 4. The summed E-state index contributed by atoms with van der Waals surface area (Å²) >= 11 is 0. The minimum absolute atomic E-state index is 0.0491. The van der Waals surface area contributed by atoms with Crippen molar-refractivity contribution in [2.45, 2.75) is 92.1 Å². The van der Waals surface area contributed by atoms with Crippen LogP contribution in [0.4, 0.5) is 0 Å². The number of phenolic OH excluding ortho intramolecular Hbond substituents is 5. The van der Waals surface area contributed by atoms with Crippen LogP contribution in [0.25, 0.3) is 88.4 Å². The first-order chi connectivity index (χ1) is 52.3. The van der Waals surface area contributed by atoms with E-state index in [-0.39, 0.29) is 84.5 Å². The Balaban J connectivity index is 0.000000137. The van der Waals surface area contributed by atoms with Crippen molar-refractivity contribution >= 4 is 43.9 Å². The zero-order valence-corrected chi connectivity index (χ0v) is 56.6. The molecule has 568 valence electrons. The zero-order valence-electron chi connectivity index (χ0n) is 56.6. The van der Waals surface area contributed by atoms with E-state index in [2.05, 4.69) is 0 Å². The number of aliphatic hydroxyl groups excluding tert-OH is 12. The molecule has 31 heteroatoms. The fourth-order valence-electron chi connectivity index (χ4n) is 11.9. The van der Waals surface area contributed by atoms with Gasteiger partial charge in [0.2, 0.25) is 18.9 Å². The number of phenols is 5. The van der Waals surface area contributed by atoms with Crippen LogP contribution >= 0.6 is 0 Å². The molecule has 109 heavy (non-hydrogen) atoms. The summed E-state index contributed by atoms with van der Waals surface area (Å²) in [6, 6.07) is 42.3. The smallest absolute Gasteiger partial charge is 0.229 e. The molecular formula is C78H70O31. The highest BCUT2D eigenvalue weighted by Gasteiger charge is 2.47. The van der Waals surface area contributed by atoms with E-state index in [1.807, 2.05) is 0 Å². The van der Waals surface area contributed by atoms with Crippen molar-refractivity contribution in [1.29, 1.82) is 0 Å². The molecule has 0 saturated carbocycles. The van der Waals surface area contributed by atoms with E-state index in [0.717, 1.165) is 0 Å². The van der Waals surface area contributed by atoms with Gasteiger partial charge in [0.15, 0.2) is 21.7 Å². The molecule has 3 aliphatic heterocycles. The van der Waals surface area contributed by atoms with Gasteiger partial charge in [-0.3, -0.25) is 19.2 Å². The molecule has 15 rings (SSSR count). The first-order valence-electron chi connectivity index (χ1n) is 33.3. The molecule has 4 aromatic heterocycles. The molecule has 3 fully saturated rings. The molecule has 3 aliphatic rings. The second-order valence-electron chi connectivity index (χ2n) is 25.2. The van der Waals surface area contributed by atoms with Crippen LogP contribution in [-0.4, -0.2) is 199 Å². The highest BCUT2D eigenvalue weighted by atomic mass is 16.7. The molecule has 0 aliphatic carbocycles. The lowest BCUT2D eigenvalue weighted by Gasteiger charge is -2.39. The second kappa shape index (κ2) is 33.3. The number of benzene rings is 8. The zero-order chi connectivity index (χ0) is 77.6. The molecule has 8 aromatic carbocycles. The summed E-state index contributed by atoms with van der Waals surface area (Å²) < 4.78 is 54.7. The highest BCUT2D eigenvalue weighted by Crippen LogP contribution is 2.34. The molecule has 12 aromatic rings. The van der Waals surface area contributed by atoms with Crippen molar-refractivity contribution in [1.82, 2.24) is 0 Å². The van der Waals surface area contributed by atoms with Crippen molar-refractivity contribution in [2.24, 2.45) is 0 Å². The Morgan fingerprint density at radius 2 is 0.486 bits per heavy atom. The van der Waals surface area contributed by atoms with Gasteiger partial charge < -0.3 is 133 Å². The Bertz CT molecular complexity index is 4990. The lowest BCUT2D eigenvalue weighted by molar-refractivity contribution is -0.277. The fourth-order valence-corrected chi connectivity index (χ4v) is 11.9. The Morgan fingerprint density at radius 3 is 0.725 bits per heavy atom. The summed E-state index contributed by atoms with van der Waals surface area (Å²) in [6.45, 7) is -1.72. The second-order valence-corrected chi connectivity index (χ2v) is 25.2. The molecule has 0 radical (unpaired) electrons. The minimum atomic E-state index is -1.56. The maximum Gasteiger partial charge on any atom is 0.229 e. The first-order valence-corrected chi connectivity index (χ1v) is 33.3. The molecule has 31 nitrogen and oxygen atoms in total. The third-order valence-electron chi connectivity index (χ3n) is 18.0. The Kier molecular flexibility index (Phi) is 23.5. The van der Waals surface area contributed by atoms with Gasteiger partial charge in [0.05, 0.1) is 63.6 Å². The monoisotopic (exact) mass is 1500 g/mol. The third-order valence-corrected chi connectivity index (χ3v) is 18.0. The van der Waals surface area contributed by atoms with Gasteiger partial charge in [-0.2, -0.15) is 0 Å². The number of ether oxygens (including phenoxy) is 6. The van der Waals surface area contributed by atoms with Crippen molar-refractivity contribution in [3.63, 3.8) is 0 Å². The summed E-state index contributed by atoms with van der Waals surface area (Å²) in [4.78, 5) is 50.8. The maximum absolute atomic E-state index is 12.8. The lowest BCUT2D eigenvalue weighted by atomic mass is 9.99. The van der Waals surface area contributed by atoms with Crippen molar-refractivity contribution in [3.8, 4) is 90.5 Å². The van der Waals surface area contributed by atoms with Gasteiger partial charge >= 0.3 is 0 Å². The predicted molar refractivity (Wildman–Crippen MR) is 383 cm³/mol. The number of aliphatic hydroxyl groups is 12. The SMILES string of the molecule is O=c1c(-c2ccc(O)cc2)coc2cc(O)ccc12.O=c1c(-c2ccc(O)cc2)coc2cc(OC3O[C@H](CO)[C@@H](O)[C@H](O)[C@H]3O)ccc12.O=c1c(-c2ccc(O)cc2)coc2cc(OC3O[C@H](CO)[C@@H](O)[C@H](O)[C@H]3O)ccc12.O=c1c(-c2ccc(O)cc2)coc2cc(OC3O[C@H](CO)[C@@H](O)[C@H](O)[C@H]3O)ccc12. The van der Waals surface area contributed by atoms with Gasteiger partial charge in [-0.25, -0.2) is 0 Å². The van der Waals surface area contributed by atoms with Crippen LogP contribution in [-0.2, 0) is 14.2 Å². The summed E-state index contributed by atoms with van der Waals surface area (Å²) in [5.74, 6) is 0.996. The Morgan fingerprint density at radius 1 is 0.266 bits per heavy atom. The van der Waals surface area contributed by atoms with E-state index in [0.29, 0.717) is 71.6 Å². The number of hydrogen-bond acceptors (Lipinski definition) is 31. The van der Waals surface area contributed by atoms with Crippen LogP contribution in [0, 0.1) is 0 Å². The molecule has 7 heterocycles. The van der Waals surface area contributed by atoms with Crippen molar-refractivity contribution in [2.75, 3.05) is 19.8 Å². The first kappa shape index (κ1) is 77.0. The van der Waals surface area contributed by atoms with Gasteiger partial charge in [0, 0.05) is 24.3 Å². The average Bonchev–Trinajstić information content (AvgIpc) is 0.792. The highest BCUT2D eigenvalue weighted by molar-refractivity contribution is 5.86. The standard InChI is InChI=1S/3C21H20O9.C15H10O4/c3*22-8-16-18(25)19(26)20(27)21(30-16)29-12-5-6-13-15(7-12)28-9-14(17(13)24)10-1-3-11(23)4-2-10;16-10-3-1-9(2-4-10)13-8-19-14-7-11(17)5-6-12(14)15(13)18/h3*1-7,9,16,18-23,25-27H,8H2;1-8,16-17H/t3*16-,18-,19+,20-,21?;/m111./s1. The van der Waals surface area contributed by atoms with Crippen molar-refractivity contribution in [3.05, 3.63) is 236 Å². The minimum Gasteiger partial charge on any atom is -0.508 e. The number of aromatic hydroxyl groups is 5. The molecule has 0 spiro atoms. The Labute approximate surface area is 612 Å². The van der Waals surface area contributed by atoms with E-state index < -0.39 is 112 Å². The third kappa shape index (κ3) is 16.8. The van der Waals surface area contributed by atoms with E-state index >= 15 is 0 Å². The van der Waals surface area contributed by atoms with Crippen LogP contribution < -0.4 is 35.9 Å². The lowest BCUT2D eigenvalue weighted by Crippen LogP contribution is -2.60. The quantitative estimate of drug-likeness (QED) is 0.0778. The largest absolute Gasteiger partial charge is 0.508 e. The summed E-state index contributed by atoms with van der Waals surface area (Å²) in [6.07, 6.45) is -15.9. The fraction of sp³-hybridized carbons (Fsp3) is 0.231. The number of rotatable bonds is 13. The average molecular weight is 1500 g/mol. The topological polar surface area (TPSA) is 520 Å². The van der Waals surface area contributed by atoms with Crippen LogP contribution in [0.1, 0.15) is 0 Å². The van der Waals surface area contributed by atoms with E-state index in [9.17, 15) is 106 Å². The van der Waals surface area contributed by atoms with Crippen molar-refractivity contribution < 1.29 is 133 Å². The van der Waals surface area contributed by atoms with Gasteiger partial charge in [-0.1, -0.05) is 48.5 Å². The number of hydrogen-bond donors (Lipinski definition) is 17. The normalized spacial score (nSPS) is 23.8. The van der Waals surface area contributed by atoms with E-state index in [4.69, 9.17) is 46.1 Å². The van der Waals surface area contributed by atoms with Gasteiger partial charge in [0.25, 0.3) is 0 Å². The molecule has 3 saturated heterocycles. The molecular weight excluding hydrogens is 1430 g/mol. The van der Waals surface area contributed by atoms with E-state index in [1.54, 1.807) is 48.5 Å². The predicted octanol–water partition coefficient (Wildman–Crippen LogP) is 3.90. The summed E-state index contributed by atoms with van der Waals surface area (Å²) in [5, 5.41) is 165. The van der Waals surface area contributed by atoms with Crippen LogP contribution in [0.3, 0.4) is 0 Å².